The summed E-state index contributed by atoms with van der Waals surface area (Å²) in [5.74, 6) is 5.43. The molecule has 0 spiro atoms. The Kier molecular flexibility index (Phi) is 4.74. The molecule has 0 aromatic carbocycles. The van der Waals surface area contributed by atoms with Crippen LogP contribution in [0, 0.1) is 0 Å². The zero-order chi connectivity index (χ0) is 10.6. The lowest BCUT2D eigenvalue weighted by Crippen LogP contribution is -2.28. The molecule has 5 heteroatoms. The molecule has 1 atom stereocenters. The molecule has 1 aromatic rings. The summed E-state index contributed by atoms with van der Waals surface area (Å²) in [5, 5.41) is 0. The van der Waals surface area contributed by atoms with Crippen LogP contribution in [0.3, 0.4) is 0 Å². The molecule has 1 aromatic heterocycles. The third kappa shape index (κ3) is 2.88. The van der Waals surface area contributed by atoms with Crippen molar-refractivity contribution >= 4 is 31.9 Å². The lowest BCUT2D eigenvalue weighted by Gasteiger charge is -2.14. The molecular formula is C9H11Br2N3. The van der Waals surface area contributed by atoms with E-state index in [1.54, 1.807) is 12.3 Å². The van der Waals surface area contributed by atoms with Gasteiger partial charge < -0.3 is 0 Å². The molecule has 0 bridgehead atoms. The summed E-state index contributed by atoms with van der Waals surface area (Å²) in [4.78, 5) is 4.28. The van der Waals surface area contributed by atoms with Crippen LogP contribution in [0.1, 0.15) is 18.2 Å². The topological polar surface area (TPSA) is 50.9 Å². The quantitative estimate of drug-likeness (QED) is 0.509. The fourth-order valence-electron chi connectivity index (χ4n) is 1.11. The summed E-state index contributed by atoms with van der Waals surface area (Å²) >= 11 is 6.78. The first-order chi connectivity index (χ1) is 6.69. The number of hydrogen-bond acceptors (Lipinski definition) is 3. The van der Waals surface area contributed by atoms with Crippen LogP contribution in [0.25, 0.3) is 0 Å². The highest BCUT2D eigenvalue weighted by Crippen LogP contribution is 2.25. The Morgan fingerprint density at radius 3 is 2.86 bits per heavy atom. The van der Waals surface area contributed by atoms with Crippen molar-refractivity contribution in [3.05, 3.63) is 39.6 Å². The molecule has 3 N–H and O–H groups in total. The normalized spacial score (nSPS) is 12.5. The minimum Gasteiger partial charge on any atom is -0.271 e. The highest BCUT2D eigenvalue weighted by Gasteiger charge is 2.12. The summed E-state index contributed by atoms with van der Waals surface area (Å²) in [5.41, 5.74) is 3.59. The summed E-state index contributed by atoms with van der Waals surface area (Å²) < 4.78 is 1.86. The smallest absolute Gasteiger partial charge is 0.0732 e. The second-order valence-electron chi connectivity index (χ2n) is 2.76. The molecule has 14 heavy (non-hydrogen) atoms. The Bertz CT molecular complexity index is 328. The molecule has 0 saturated carbocycles. The van der Waals surface area contributed by atoms with Crippen molar-refractivity contribution in [3.63, 3.8) is 0 Å². The van der Waals surface area contributed by atoms with Crippen molar-refractivity contribution in [2.45, 2.75) is 12.5 Å². The zero-order valence-corrected chi connectivity index (χ0v) is 10.7. The van der Waals surface area contributed by atoms with Gasteiger partial charge in [-0.25, -0.2) is 0 Å². The Labute approximate surface area is 100 Å². The summed E-state index contributed by atoms with van der Waals surface area (Å²) in [6.45, 7) is 3.67. The average molecular weight is 321 g/mol. The number of rotatable bonds is 4. The van der Waals surface area contributed by atoms with Crippen molar-refractivity contribution in [2.75, 3.05) is 0 Å². The number of aromatic nitrogens is 1. The average Bonchev–Trinajstić information content (AvgIpc) is 2.15. The van der Waals surface area contributed by atoms with E-state index in [-0.39, 0.29) is 6.04 Å². The molecule has 0 aliphatic heterocycles. The third-order valence-electron chi connectivity index (χ3n) is 1.77. The van der Waals surface area contributed by atoms with Gasteiger partial charge in [-0.15, -0.1) is 6.58 Å². The van der Waals surface area contributed by atoms with Gasteiger partial charge in [0.15, 0.2) is 0 Å². The van der Waals surface area contributed by atoms with Gasteiger partial charge in [0.2, 0.25) is 0 Å². The maximum absolute atomic E-state index is 5.43. The Morgan fingerprint density at radius 2 is 2.36 bits per heavy atom. The highest BCUT2D eigenvalue weighted by molar-refractivity contribution is 9.11. The van der Waals surface area contributed by atoms with E-state index in [1.165, 1.54) is 0 Å². The Balaban J connectivity index is 2.97. The fourth-order valence-corrected chi connectivity index (χ4v) is 2.37. The lowest BCUT2D eigenvalue weighted by molar-refractivity contribution is 0.545. The predicted molar refractivity (Wildman–Crippen MR) is 64.5 cm³/mol. The van der Waals surface area contributed by atoms with Crippen molar-refractivity contribution < 1.29 is 0 Å². The molecule has 0 radical (unpaired) electrons. The summed E-state index contributed by atoms with van der Waals surface area (Å²) in [6, 6.07) is 1.94. The number of nitrogens with two attached hydrogens (primary N) is 1. The second-order valence-corrected chi connectivity index (χ2v) is 4.53. The molecule has 1 unspecified atom stereocenters. The van der Waals surface area contributed by atoms with E-state index in [4.69, 9.17) is 5.84 Å². The van der Waals surface area contributed by atoms with Crippen molar-refractivity contribution in [1.29, 1.82) is 0 Å². The van der Waals surface area contributed by atoms with Gasteiger partial charge in [0.05, 0.1) is 11.7 Å². The van der Waals surface area contributed by atoms with Gasteiger partial charge in [0, 0.05) is 15.1 Å². The van der Waals surface area contributed by atoms with Crippen LogP contribution in [-0.4, -0.2) is 4.98 Å². The first-order valence-corrected chi connectivity index (χ1v) is 5.65. The van der Waals surface area contributed by atoms with Gasteiger partial charge in [0.1, 0.15) is 0 Å². The van der Waals surface area contributed by atoms with Crippen molar-refractivity contribution in [1.82, 2.24) is 10.4 Å². The molecular weight excluding hydrogens is 310 g/mol. The molecule has 76 valence electrons. The van der Waals surface area contributed by atoms with E-state index < -0.39 is 0 Å². The number of nitrogens with one attached hydrogen (secondary N) is 1. The van der Waals surface area contributed by atoms with Crippen LogP contribution in [0.4, 0.5) is 0 Å². The lowest BCUT2D eigenvalue weighted by atomic mass is 10.1. The van der Waals surface area contributed by atoms with Crippen molar-refractivity contribution in [3.8, 4) is 0 Å². The summed E-state index contributed by atoms with van der Waals surface area (Å²) in [7, 11) is 0. The summed E-state index contributed by atoms with van der Waals surface area (Å²) in [6.07, 6.45) is 4.29. The number of pyridine rings is 1. The van der Waals surface area contributed by atoms with E-state index >= 15 is 0 Å². The van der Waals surface area contributed by atoms with Crippen LogP contribution < -0.4 is 11.3 Å². The molecule has 1 rings (SSSR count). The van der Waals surface area contributed by atoms with Gasteiger partial charge >= 0.3 is 0 Å². The monoisotopic (exact) mass is 319 g/mol. The van der Waals surface area contributed by atoms with Gasteiger partial charge in [-0.05, 0) is 44.3 Å². The third-order valence-corrected chi connectivity index (χ3v) is 2.84. The van der Waals surface area contributed by atoms with E-state index in [0.717, 1.165) is 21.1 Å². The fraction of sp³-hybridized carbons (Fsp3) is 0.222. The number of hydrogen-bond donors (Lipinski definition) is 2. The van der Waals surface area contributed by atoms with Gasteiger partial charge in [-0.2, -0.15) is 0 Å². The van der Waals surface area contributed by atoms with E-state index in [2.05, 4.69) is 48.8 Å². The largest absolute Gasteiger partial charge is 0.271 e. The van der Waals surface area contributed by atoms with Crippen LogP contribution in [0.15, 0.2) is 33.9 Å². The van der Waals surface area contributed by atoms with Gasteiger partial charge in [0.25, 0.3) is 0 Å². The van der Waals surface area contributed by atoms with Crippen molar-refractivity contribution in [2.24, 2.45) is 5.84 Å². The molecule has 0 aliphatic rings. The Morgan fingerprint density at radius 1 is 1.64 bits per heavy atom. The molecule has 0 aliphatic carbocycles. The predicted octanol–water partition coefficient (Wildman–Crippen LogP) is 2.69. The maximum Gasteiger partial charge on any atom is 0.0732 e. The minimum atomic E-state index is -0.00465. The first kappa shape index (κ1) is 11.8. The number of hydrazine groups is 1. The second kappa shape index (κ2) is 5.60. The minimum absolute atomic E-state index is 0.00465. The van der Waals surface area contributed by atoms with Gasteiger partial charge in [-0.1, -0.05) is 6.08 Å². The standard InChI is InChI=1S/C9H11Br2N3/c1-2-3-8(14-12)9-7(11)4-6(10)5-13-9/h2,4-5,8,14H,1,3,12H2. The molecule has 0 saturated heterocycles. The number of nitrogens with zero attached hydrogens (tertiary/aromatic N) is 1. The maximum atomic E-state index is 5.43. The molecule has 0 amide bonds. The van der Waals surface area contributed by atoms with E-state index in [9.17, 15) is 0 Å². The zero-order valence-electron chi connectivity index (χ0n) is 7.50. The first-order valence-electron chi connectivity index (χ1n) is 4.07. The van der Waals surface area contributed by atoms with E-state index in [0.29, 0.717) is 0 Å². The van der Waals surface area contributed by atoms with Crippen LogP contribution >= 0.6 is 31.9 Å². The Hall–Kier alpha value is -0.230. The SMILES string of the molecule is C=CCC(NN)c1ncc(Br)cc1Br. The molecule has 3 nitrogen and oxygen atoms in total. The highest BCUT2D eigenvalue weighted by atomic mass is 79.9. The van der Waals surface area contributed by atoms with Crippen LogP contribution in [-0.2, 0) is 0 Å². The van der Waals surface area contributed by atoms with Gasteiger partial charge in [-0.3, -0.25) is 16.3 Å². The van der Waals surface area contributed by atoms with Crippen LogP contribution in [0.5, 0.6) is 0 Å². The van der Waals surface area contributed by atoms with Crippen LogP contribution in [0.2, 0.25) is 0 Å². The molecule has 0 fully saturated rings. The number of halogens is 2. The van der Waals surface area contributed by atoms with E-state index in [1.807, 2.05) is 6.07 Å². The molecule has 1 heterocycles.